The van der Waals surface area contributed by atoms with E-state index < -0.39 is 9.84 Å². The zero-order chi connectivity index (χ0) is 13.0. The van der Waals surface area contributed by atoms with E-state index in [2.05, 4.69) is 0 Å². The third-order valence-electron chi connectivity index (χ3n) is 2.56. The molecule has 0 aliphatic carbocycles. The van der Waals surface area contributed by atoms with E-state index in [0.29, 0.717) is 5.56 Å². The molecule has 0 amide bonds. The molecule has 0 aliphatic rings. The monoisotopic (exact) mass is 259 g/mol. The topological polar surface area (TPSA) is 58.0 Å². The minimum absolute atomic E-state index is 0.111. The van der Waals surface area contributed by atoms with E-state index in [1.807, 2.05) is 6.07 Å². The molecule has 0 saturated heterocycles. The molecule has 0 unspecified atom stereocenters. The van der Waals surface area contributed by atoms with Crippen LogP contribution >= 0.6 is 0 Å². The van der Waals surface area contributed by atoms with Crippen LogP contribution in [-0.4, -0.2) is 19.9 Å². The van der Waals surface area contributed by atoms with Gasteiger partial charge in [-0.15, -0.1) is 0 Å². The highest BCUT2D eigenvalue weighted by atomic mass is 32.2. The summed E-state index contributed by atoms with van der Waals surface area (Å²) in [6.07, 6.45) is 0. The third-order valence-corrected chi connectivity index (χ3v) is 4.22. The van der Waals surface area contributed by atoms with Gasteiger partial charge in [0.2, 0.25) is 0 Å². The van der Waals surface area contributed by atoms with Crippen molar-refractivity contribution < 1.29 is 8.42 Å². The van der Waals surface area contributed by atoms with Gasteiger partial charge in [-0.3, -0.25) is 0 Å². The van der Waals surface area contributed by atoms with Crippen LogP contribution in [0.4, 0.5) is 0 Å². The van der Waals surface area contributed by atoms with E-state index >= 15 is 0 Å². The lowest BCUT2D eigenvalue weighted by Crippen LogP contribution is -2.16. The molecule has 1 N–H and O–H groups in total. The molecule has 0 spiro atoms. The molecule has 2 aromatic carbocycles. The smallest absolute Gasteiger partial charge is 0.184 e. The first kappa shape index (κ1) is 12.5. The Morgan fingerprint density at radius 3 is 1.94 bits per heavy atom. The average molecular weight is 259 g/mol. The Kier molecular flexibility index (Phi) is 3.58. The molecule has 3 nitrogen and oxygen atoms in total. The molecular formula is C14H13NO2S. The molecule has 18 heavy (non-hydrogen) atoms. The van der Waals surface area contributed by atoms with Crippen molar-refractivity contribution in [3.63, 3.8) is 0 Å². The lowest BCUT2D eigenvalue weighted by atomic mass is 10.1. The van der Waals surface area contributed by atoms with Gasteiger partial charge in [-0.1, -0.05) is 48.5 Å². The van der Waals surface area contributed by atoms with Crippen LogP contribution in [0.2, 0.25) is 0 Å². The first-order chi connectivity index (χ1) is 8.59. The summed E-state index contributed by atoms with van der Waals surface area (Å²) in [6, 6.07) is 17.1. The predicted octanol–water partition coefficient (Wildman–Crippen LogP) is 2.53. The molecule has 0 heterocycles. The van der Waals surface area contributed by atoms with Gasteiger partial charge in [-0.25, -0.2) is 8.42 Å². The highest BCUT2D eigenvalue weighted by Crippen LogP contribution is 2.12. The second-order valence-electron chi connectivity index (χ2n) is 3.92. The van der Waals surface area contributed by atoms with E-state index in [-0.39, 0.29) is 16.4 Å². The molecule has 92 valence electrons. The molecule has 2 aromatic rings. The Balaban J connectivity index is 2.23. The van der Waals surface area contributed by atoms with Crippen molar-refractivity contribution in [1.29, 1.82) is 5.41 Å². The van der Waals surface area contributed by atoms with Gasteiger partial charge < -0.3 is 5.41 Å². The Morgan fingerprint density at radius 1 is 0.889 bits per heavy atom. The lowest BCUT2D eigenvalue weighted by Gasteiger charge is -2.06. The molecule has 2 rings (SSSR count). The number of rotatable bonds is 4. The van der Waals surface area contributed by atoms with E-state index in [0.717, 1.165) is 0 Å². The summed E-state index contributed by atoms with van der Waals surface area (Å²) in [4.78, 5) is 0.255. The molecule has 4 heteroatoms. The zero-order valence-corrected chi connectivity index (χ0v) is 10.5. The van der Waals surface area contributed by atoms with Crippen LogP contribution in [0.15, 0.2) is 65.6 Å². The van der Waals surface area contributed by atoms with Crippen molar-refractivity contribution in [3.8, 4) is 0 Å². The number of hydrogen-bond donors (Lipinski definition) is 1. The lowest BCUT2D eigenvalue weighted by molar-refractivity contribution is 0.600. The standard InChI is InChI=1S/C14H13NO2S/c15-14(12-7-3-1-4-8-12)11-18(16,17)13-9-5-2-6-10-13/h1-10,15H,11H2. The number of sulfone groups is 1. The molecule has 0 radical (unpaired) electrons. The summed E-state index contributed by atoms with van der Waals surface area (Å²) in [7, 11) is -3.43. The highest BCUT2D eigenvalue weighted by Gasteiger charge is 2.17. The van der Waals surface area contributed by atoms with E-state index in [1.54, 1.807) is 54.6 Å². The van der Waals surface area contributed by atoms with Crippen LogP contribution in [-0.2, 0) is 9.84 Å². The van der Waals surface area contributed by atoms with Crippen molar-refractivity contribution in [1.82, 2.24) is 0 Å². The fourth-order valence-corrected chi connectivity index (χ4v) is 2.91. The molecule has 0 fully saturated rings. The summed E-state index contributed by atoms with van der Waals surface area (Å²) in [5.41, 5.74) is 0.747. The van der Waals surface area contributed by atoms with Crippen LogP contribution in [0.25, 0.3) is 0 Å². The second-order valence-corrected chi connectivity index (χ2v) is 5.91. The molecular weight excluding hydrogens is 246 g/mol. The van der Waals surface area contributed by atoms with Crippen molar-refractivity contribution in [2.45, 2.75) is 4.90 Å². The fourth-order valence-electron chi connectivity index (χ4n) is 1.62. The Labute approximate surface area is 107 Å². The van der Waals surface area contributed by atoms with Crippen molar-refractivity contribution >= 4 is 15.5 Å². The second kappa shape index (κ2) is 5.14. The molecule has 0 bridgehead atoms. The first-order valence-corrected chi connectivity index (χ1v) is 7.15. The van der Waals surface area contributed by atoms with Gasteiger partial charge in [0.15, 0.2) is 9.84 Å². The van der Waals surface area contributed by atoms with Crippen molar-refractivity contribution in [2.24, 2.45) is 0 Å². The summed E-state index contributed by atoms with van der Waals surface area (Å²) in [6.45, 7) is 0. The zero-order valence-electron chi connectivity index (χ0n) is 9.71. The van der Waals surface area contributed by atoms with Crippen LogP contribution in [0.3, 0.4) is 0 Å². The summed E-state index contributed by atoms with van der Waals surface area (Å²) in [5.74, 6) is -0.277. The Hall–Kier alpha value is -1.94. The average Bonchev–Trinajstić information content (AvgIpc) is 2.40. The van der Waals surface area contributed by atoms with Crippen molar-refractivity contribution in [3.05, 3.63) is 66.2 Å². The Morgan fingerprint density at radius 2 is 1.39 bits per heavy atom. The number of hydrogen-bond acceptors (Lipinski definition) is 3. The van der Waals surface area contributed by atoms with Gasteiger partial charge in [0, 0.05) is 0 Å². The van der Waals surface area contributed by atoms with Gasteiger partial charge in [0.05, 0.1) is 16.4 Å². The van der Waals surface area contributed by atoms with Gasteiger partial charge in [-0.05, 0) is 17.7 Å². The number of nitrogens with one attached hydrogen (secondary N) is 1. The maximum Gasteiger partial charge on any atom is 0.184 e. The van der Waals surface area contributed by atoms with Crippen LogP contribution < -0.4 is 0 Å². The van der Waals surface area contributed by atoms with Gasteiger partial charge in [-0.2, -0.15) is 0 Å². The van der Waals surface area contributed by atoms with Gasteiger partial charge >= 0.3 is 0 Å². The third kappa shape index (κ3) is 2.84. The Bertz CT molecular complexity index is 634. The predicted molar refractivity (Wildman–Crippen MR) is 71.8 cm³/mol. The summed E-state index contributed by atoms with van der Waals surface area (Å²) >= 11 is 0. The van der Waals surface area contributed by atoms with E-state index in [4.69, 9.17) is 5.41 Å². The fraction of sp³-hybridized carbons (Fsp3) is 0.0714. The quantitative estimate of drug-likeness (QED) is 0.858. The van der Waals surface area contributed by atoms with Crippen molar-refractivity contribution in [2.75, 3.05) is 5.75 Å². The largest absolute Gasteiger partial charge is 0.304 e. The van der Waals surface area contributed by atoms with Gasteiger partial charge in [0.25, 0.3) is 0 Å². The van der Waals surface area contributed by atoms with Crippen LogP contribution in [0.5, 0.6) is 0 Å². The minimum Gasteiger partial charge on any atom is -0.304 e. The van der Waals surface area contributed by atoms with Crippen LogP contribution in [0.1, 0.15) is 5.56 Å². The molecule has 0 saturated carbocycles. The van der Waals surface area contributed by atoms with E-state index in [1.165, 1.54) is 0 Å². The highest BCUT2D eigenvalue weighted by molar-refractivity contribution is 7.92. The first-order valence-electron chi connectivity index (χ1n) is 5.50. The minimum atomic E-state index is -3.43. The molecule has 0 atom stereocenters. The van der Waals surface area contributed by atoms with E-state index in [9.17, 15) is 8.42 Å². The van der Waals surface area contributed by atoms with Gasteiger partial charge in [0.1, 0.15) is 0 Å². The molecule has 0 aliphatic heterocycles. The maximum atomic E-state index is 12.1. The molecule has 0 aromatic heterocycles. The number of benzene rings is 2. The summed E-state index contributed by atoms with van der Waals surface area (Å²) < 4.78 is 24.2. The normalized spacial score (nSPS) is 11.1. The SMILES string of the molecule is N=C(CS(=O)(=O)c1ccccc1)c1ccccc1. The van der Waals surface area contributed by atoms with Crippen LogP contribution in [0, 0.1) is 5.41 Å². The maximum absolute atomic E-state index is 12.1. The summed E-state index contributed by atoms with van der Waals surface area (Å²) in [5, 5.41) is 7.86.